The number of aliphatic hydroxyl groups is 2. The van der Waals surface area contributed by atoms with E-state index in [4.69, 9.17) is 5.73 Å². The molecule has 2 unspecified atom stereocenters. The first-order valence-electron chi connectivity index (χ1n) is 37.5. The Morgan fingerprint density at radius 3 is 0.800 bits per heavy atom. The molecule has 0 aromatic heterocycles. The molecule has 0 aliphatic rings. The summed E-state index contributed by atoms with van der Waals surface area (Å²) in [4.78, 5) is 111. The largest absolute Gasteiger partial charge is 0.395 e. The molecule has 7 amide bonds. The van der Waals surface area contributed by atoms with Gasteiger partial charge in [-0.3, -0.25) is 33.6 Å². The molecule has 90 heavy (non-hydrogen) atoms. The normalized spacial score (nSPS) is 12.1. The zero-order valence-corrected chi connectivity index (χ0v) is 59.6. The Kier molecular flexibility index (Phi) is 57.6. The highest BCUT2D eigenvalue weighted by Crippen LogP contribution is 2.20. The van der Waals surface area contributed by atoms with Gasteiger partial charge in [0.1, 0.15) is 0 Å². The van der Waals surface area contributed by atoms with Crippen LogP contribution in [0.15, 0.2) is 0 Å². The van der Waals surface area contributed by atoms with Crippen molar-refractivity contribution >= 4 is 41.4 Å². The number of carbonyl (C=O) groups is 7. The smallest absolute Gasteiger partial charge is 0.242 e. The van der Waals surface area contributed by atoms with Gasteiger partial charge in [0.05, 0.1) is 65.1 Å². The molecule has 0 saturated carbocycles. The van der Waals surface area contributed by atoms with E-state index in [-0.39, 0.29) is 106 Å². The second kappa shape index (κ2) is 60.1. The Bertz CT molecular complexity index is 1790. The summed E-state index contributed by atoms with van der Waals surface area (Å²) in [5, 5.41) is 22.5. The second-order valence-corrected chi connectivity index (χ2v) is 26.5. The number of nitrogens with zero attached hydrogens (tertiary/aromatic N) is 6. The molecule has 5 N–H and O–H groups in total. The lowest BCUT2D eigenvalue weighted by molar-refractivity contribution is -0.148. The lowest BCUT2D eigenvalue weighted by atomic mass is 9.98. The van der Waals surface area contributed by atoms with Gasteiger partial charge < -0.3 is 50.7 Å². The van der Waals surface area contributed by atoms with Gasteiger partial charge in [0.2, 0.25) is 41.4 Å². The van der Waals surface area contributed by atoms with Gasteiger partial charge >= 0.3 is 0 Å². The van der Waals surface area contributed by atoms with E-state index in [2.05, 4.69) is 60.7 Å². The average Bonchev–Trinajstić information content (AvgIpc) is 1.73. The standard InChI is InChI=1S/C73H142N8O9/c1-9-17-23-27-31-35-39-43-49-76(56-67(74)84)70(87)60-80(54-64(15-7)47-21-13-5)73(90)59-79(52-46-42-38-34-30-26-20-12-4)69(86)57-78(51-45-41-37-33-29-25-19-11-3)71(88)61-81(55-65(16-8)48-22-14-6)72(89)58-77(68(85)53-75-66(62-82)63-83)50-44-40-36-32-28-24-18-10-2/h64-66,75,82-83H,9-63H2,1-8H3,(H2,74,84). The zero-order chi connectivity index (χ0) is 66.8. The third-order valence-electron chi connectivity index (χ3n) is 18.2. The third kappa shape index (κ3) is 45.5. The van der Waals surface area contributed by atoms with Crippen LogP contribution in [0.4, 0.5) is 0 Å². The van der Waals surface area contributed by atoms with Crippen molar-refractivity contribution in [3.05, 3.63) is 0 Å². The molecule has 528 valence electrons. The number of rotatable bonds is 65. The maximum Gasteiger partial charge on any atom is 0.242 e. The van der Waals surface area contributed by atoms with Crippen molar-refractivity contribution in [3.8, 4) is 0 Å². The molecule has 17 heteroatoms. The Hall–Kier alpha value is -3.83. The van der Waals surface area contributed by atoms with Crippen molar-refractivity contribution < 1.29 is 43.8 Å². The number of hydrogen-bond donors (Lipinski definition) is 4. The van der Waals surface area contributed by atoms with Crippen LogP contribution in [0.3, 0.4) is 0 Å². The van der Waals surface area contributed by atoms with Crippen molar-refractivity contribution in [1.82, 2.24) is 34.7 Å². The summed E-state index contributed by atoms with van der Waals surface area (Å²) in [6.45, 7) is 16.8. The van der Waals surface area contributed by atoms with Crippen molar-refractivity contribution in [3.63, 3.8) is 0 Å². The van der Waals surface area contributed by atoms with Crippen molar-refractivity contribution in [2.75, 3.05) is 98.3 Å². The van der Waals surface area contributed by atoms with Gasteiger partial charge in [0, 0.05) is 39.3 Å². The van der Waals surface area contributed by atoms with Crippen LogP contribution in [0, 0.1) is 11.8 Å². The Labute approximate surface area is 551 Å². The quantitative estimate of drug-likeness (QED) is 0.0422. The summed E-state index contributed by atoms with van der Waals surface area (Å²) in [5.74, 6) is -2.48. The van der Waals surface area contributed by atoms with Crippen molar-refractivity contribution in [2.24, 2.45) is 17.6 Å². The van der Waals surface area contributed by atoms with Crippen LogP contribution in [0.25, 0.3) is 0 Å². The van der Waals surface area contributed by atoms with E-state index in [1.54, 1.807) is 24.5 Å². The zero-order valence-electron chi connectivity index (χ0n) is 59.6. The number of nitrogens with one attached hydrogen (secondary N) is 1. The maximum atomic E-state index is 15.2. The summed E-state index contributed by atoms with van der Waals surface area (Å²) in [5.41, 5.74) is 5.75. The van der Waals surface area contributed by atoms with E-state index >= 15 is 14.4 Å². The number of amides is 7. The molecule has 0 fully saturated rings. The molecular formula is C73H142N8O9. The number of unbranched alkanes of at least 4 members (excludes halogenated alkanes) is 30. The minimum atomic E-state index is -0.691. The first-order valence-corrected chi connectivity index (χ1v) is 37.5. The lowest BCUT2D eigenvalue weighted by Crippen LogP contribution is -2.53. The fraction of sp³-hybridized carbons (Fsp3) is 0.904. The lowest BCUT2D eigenvalue weighted by Gasteiger charge is -2.34. The van der Waals surface area contributed by atoms with E-state index in [1.165, 1.54) is 75.5 Å². The van der Waals surface area contributed by atoms with Crippen LogP contribution >= 0.6 is 0 Å². The van der Waals surface area contributed by atoms with Gasteiger partial charge in [-0.25, -0.2) is 0 Å². The molecule has 2 atom stereocenters. The molecule has 0 aromatic carbocycles. The predicted octanol–water partition coefficient (Wildman–Crippen LogP) is 13.4. The Morgan fingerprint density at radius 2 is 0.544 bits per heavy atom. The fourth-order valence-corrected chi connectivity index (χ4v) is 11.9. The van der Waals surface area contributed by atoms with E-state index in [9.17, 15) is 29.4 Å². The SMILES string of the molecule is CCCCCCCCCCN(CC(N)=O)C(=O)CN(CC(CC)CCCC)C(=O)CN(CCCCCCCCCC)C(=O)CN(CCCCCCCCCC)C(=O)CN(CC(CC)CCCC)C(=O)CN(CCCCCCCCCC)C(=O)CNC(CO)CO. The molecule has 0 saturated heterocycles. The van der Waals surface area contributed by atoms with Crippen molar-refractivity contribution in [2.45, 2.75) is 318 Å². The molecule has 0 spiro atoms. The van der Waals surface area contributed by atoms with Gasteiger partial charge in [-0.2, -0.15) is 0 Å². The number of primary amides is 1. The summed E-state index contributed by atoms with van der Waals surface area (Å²) < 4.78 is 0. The average molecular weight is 1280 g/mol. The molecule has 0 aliphatic heterocycles. The van der Waals surface area contributed by atoms with Crippen LogP contribution < -0.4 is 11.1 Å². The first-order chi connectivity index (χ1) is 43.6. The van der Waals surface area contributed by atoms with E-state index < -0.39 is 11.9 Å². The van der Waals surface area contributed by atoms with E-state index in [0.29, 0.717) is 58.5 Å². The summed E-state index contributed by atoms with van der Waals surface area (Å²) in [6, 6.07) is -0.691. The second-order valence-electron chi connectivity index (χ2n) is 26.5. The monoisotopic (exact) mass is 1280 g/mol. The van der Waals surface area contributed by atoms with E-state index in [0.717, 1.165) is 167 Å². The van der Waals surface area contributed by atoms with Crippen LogP contribution in [0.2, 0.25) is 0 Å². The number of aliphatic hydroxyl groups excluding tert-OH is 2. The van der Waals surface area contributed by atoms with Crippen LogP contribution in [-0.2, 0) is 33.6 Å². The van der Waals surface area contributed by atoms with Crippen LogP contribution in [-0.4, -0.2) is 185 Å². The minimum Gasteiger partial charge on any atom is -0.395 e. The van der Waals surface area contributed by atoms with Gasteiger partial charge in [0.25, 0.3) is 0 Å². The fourth-order valence-electron chi connectivity index (χ4n) is 11.9. The topological polar surface area (TPSA) is 217 Å². The number of hydrogen-bond acceptors (Lipinski definition) is 10. The predicted molar refractivity (Wildman–Crippen MR) is 372 cm³/mol. The van der Waals surface area contributed by atoms with Gasteiger partial charge in [-0.15, -0.1) is 0 Å². The molecule has 0 bridgehead atoms. The first kappa shape index (κ1) is 86.2. The number of carbonyl (C=O) groups excluding carboxylic acids is 7. The molecular weight excluding hydrogens is 1130 g/mol. The number of nitrogens with two attached hydrogens (primary N) is 1. The maximum absolute atomic E-state index is 15.2. The Balaban J connectivity index is 7.42. The van der Waals surface area contributed by atoms with Gasteiger partial charge in [-0.05, 0) is 50.4 Å². The molecule has 0 aliphatic carbocycles. The highest BCUT2D eigenvalue weighted by molar-refractivity contribution is 5.93. The highest BCUT2D eigenvalue weighted by Gasteiger charge is 2.31. The van der Waals surface area contributed by atoms with Gasteiger partial charge in [0.15, 0.2) is 0 Å². The van der Waals surface area contributed by atoms with Crippen LogP contribution in [0.5, 0.6) is 0 Å². The molecule has 17 nitrogen and oxygen atoms in total. The van der Waals surface area contributed by atoms with E-state index in [1.807, 2.05) is 0 Å². The molecule has 0 rings (SSSR count). The molecule has 0 heterocycles. The van der Waals surface area contributed by atoms with Gasteiger partial charge in [-0.1, -0.05) is 274 Å². The van der Waals surface area contributed by atoms with Crippen LogP contribution in [0.1, 0.15) is 312 Å². The summed E-state index contributed by atoms with van der Waals surface area (Å²) in [6.07, 6.45) is 40.9. The molecule has 0 aromatic rings. The Morgan fingerprint density at radius 1 is 0.311 bits per heavy atom. The molecule has 0 radical (unpaired) electrons. The minimum absolute atomic E-state index is 0.100. The van der Waals surface area contributed by atoms with Crippen molar-refractivity contribution in [1.29, 1.82) is 0 Å². The highest BCUT2D eigenvalue weighted by atomic mass is 16.3. The third-order valence-corrected chi connectivity index (χ3v) is 18.2. The summed E-state index contributed by atoms with van der Waals surface area (Å²) >= 11 is 0. The summed E-state index contributed by atoms with van der Waals surface area (Å²) in [7, 11) is 0.